The van der Waals surface area contributed by atoms with Crippen molar-refractivity contribution in [2.75, 3.05) is 28.7 Å². The molecule has 2 aromatic heterocycles. The molecule has 1 fully saturated rings. The van der Waals surface area contributed by atoms with E-state index >= 15 is 0 Å². The van der Waals surface area contributed by atoms with Gasteiger partial charge in [0.2, 0.25) is 11.8 Å². The number of nitrogens with zero attached hydrogens (tertiary/aromatic N) is 3. The number of hydrogen-bond acceptors (Lipinski definition) is 12. The minimum atomic E-state index is -3.88. The number of sulfone groups is 2. The minimum absolute atomic E-state index is 0.144. The Hall–Kier alpha value is -3.29. The fraction of sp³-hybridized carbons (Fsp3) is 0.700. The summed E-state index contributed by atoms with van der Waals surface area (Å²) >= 11 is 0. The van der Waals surface area contributed by atoms with Crippen LogP contribution in [0, 0.1) is 11.3 Å². The number of rotatable bonds is 9. The largest absolute Gasteiger partial charge is 0.377 e. The molecule has 14 nitrogen and oxygen atoms in total. The van der Waals surface area contributed by atoms with Gasteiger partial charge in [-0.25, -0.2) is 16.8 Å². The molecule has 1 atom stereocenters. The van der Waals surface area contributed by atoms with Gasteiger partial charge in [0.1, 0.15) is 26.8 Å². The number of ether oxygens (including phenoxy) is 1. The number of carbonyl (C=O) groups excluding carboxylic acids is 2. The summed E-state index contributed by atoms with van der Waals surface area (Å²) < 4.78 is 61.8. The summed E-state index contributed by atoms with van der Waals surface area (Å²) in [6, 6.07) is 4.72. The third-order valence-corrected chi connectivity index (χ3v) is 12.4. The molecule has 1 aliphatic heterocycles. The smallest absolute Gasteiger partial charge is 0.246 e. The highest BCUT2D eigenvalue weighted by Gasteiger charge is 2.44. The summed E-state index contributed by atoms with van der Waals surface area (Å²) in [5.41, 5.74) is -0.533. The van der Waals surface area contributed by atoms with Crippen molar-refractivity contribution < 1.29 is 40.2 Å². The molecule has 0 radical (unpaired) electrons. The molecule has 1 aliphatic rings. The monoisotopic (exact) mass is 685 g/mol. The zero-order valence-electron chi connectivity index (χ0n) is 28.3. The summed E-state index contributed by atoms with van der Waals surface area (Å²) in [6.07, 6.45) is 2.25. The van der Waals surface area contributed by atoms with Gasteiger partial charge in [-0.1, -0.05) is 51.9 Å². The third-order valence-electron chi connectivity index (χ3n) is 7.56. The van der Waals surface area contributed by atoms with E-state index in [4.69, 9.17) is 19.0 Å². The Balaban J connectivity index is 0.000000326. The van der Waals surface area contributed by atoms with Crippen molar-refractivity contribution in [3.05, 3.63) is 23.7 Å². The molecule has 0 aliphatic carbocycles. The summed E-state index contributed by atoms with van der Waals surface area (Å²) in [4.78, 5) is 24.7. The van der Waals surface area contributed by atoms with Crippen LogP contribution >= 0.6 is 0 Å². The van der Waals surface area contributed by atoms with Crippen molar-refractivity contribution in [2.45, 2.75) is 115 Å². The highest BCUT2D eigenvalue weighted by molar-refractivity contribution is 7.94. The maximum atomic E-state index is 12.7. The molecule has 16 heteroatoms. The van der Waals surface area contributed by atoms with Gasteiger partial charge in [0.25, 0.3) is 0 Å². The highest BCUT2D eigenvalue weighted by atomic mass is 32.2. The van der Waals surface area contributed by atoms with Crippen LogP contribution in [0.2, 0.25) is 0 Å². The molecular formula is C30H47N5O9S2. The molecule has 1 unspecified atom stereocenters. The van der Waals surface area contributed by atoms with Crippen LogP contribution in [0.25, 0.3) is 0 Å². The predicted molar refractivity (Wildman–Crippen MR) is 173 cm³/mol. The Kier molecular flexibility index (Phi) is 12.0. The maximum Gasteiger partial charge on any atom is 0.246 e. The molecule has 3 rings (SSSR count). The normalized spacial score (nSPS) is 16.5. The molecule has 0 aromatic carbocycles. The van der Waals surface area contributed by atoms with Crippen molar-refractivity contribution in [3.63, 3.8) is 0 Å². The fourth-order valence-electron chi connectivity index (χ4n) is 3.85. The van der Waals surface area contributed by atoms with Crippen molar-refractivity contribution in [3.8, 4) is 6.07 Å². The molecule has 2 aromatic rings. The first kappa shape index (κ1) is 38.9. The van der Waals surface area contributed by atoms with Gasteiger partial charge in [0.15, 0.2) is 31.3 Å². The number of hydrogen-bond donors (Lipinski definition) is 2. The Morgan fingerprint density at radius 3 is 1.59 bits per heavy atom. The van der Waals surface area contributed by atoms with E-state index in [1.807, 2.05) is 41.5 Å². The quantitative estimate of drug-likeness (QED) is 0.378. The van der Waals surface area contributed by atoms with Gasteiger partial charge in [-0.15, -0.1) is 0 Å². The van der Waals surface area contributed by atoms with E-state index in [1.54, 1.807) is 18.2 Å². The van der Waals surface area contributed by atoms with Crippen LogP contribution in [0.15, 0.2) is 21.2 Å². The zero-order chi connectivity index (χ0) is 35.4. The van der Waals surface area contributed by atoms with Crippen molar-refractivity contribution >= 4 is 43.1 Å². The van der Waals surface area contributed by atoms with Crippen LogP contribution in [0.1, 0.15) is 100 Å². The molecule has 0 saturated carbocycles. The van der Waals surface area contributed by atoms with Crippen molar-refractivity contribution in [1.29, 1.82) is 5.26 Å². The van der Waals surface area contributed by atoms with Gasteiger partial charge >= 0.3 is 0 Å². The van der Waals surface area contributed by atoms with Gasteiger partial charge in [0.05, 0.1) is 17.9 Å². The molecule has 0 spiro atoms. The molecule has 3 heterocycles. The molecular weight excluding hydrogens is 638 g/mol. The number of nitriles is 1. The third kappa shape index (κ3) is 9.62. The number of amides is 2. The van der Waals surface area contributed by atoms with Crippen LogP contribution in [0.4, 0.5) is 11.6 Å². The first-order valence-electron chi connectivity index (χ1n) is 14.9. The Morgan fingerprint density at radius 2 is 1.24 bits per heavy atom. The predicted octanol–water partition coefficient (Wildman–Crippen LogP) is 4.30. The summed E-state index contributed by atoms with van der Waals surface area (Å²) in [5, 5.41) is 21.0. The SMILES string of the molecule is CC(C)(C)c1cc(NC(=O)C(C)(C)S(=O)(=O)CC#N)no1.CC(C)(C)c1cc(NC(=O)C(C)(C)S(=O)(=O)CC2CCCCO2)no1. The first-order chi connectivity index (χ1) is 20.8. The molecule has 258 valence electrons. The average molecular weight is 686 g/mol. The van der Waals surface area contributed by atoms with Gasteiger partial charge in [0, 0.05) is 29.6 Å². The lowest BCUT2D eigenvalue weighted by Crippen LogP contribution is -2.48. The second-order valence-corrected chi connectivity index (χ2v) is 19.4. The number of nitrogens with one attached hydrogen (secondary N) is 2. The fourth-order valence-corrected chi connectivity index (χ4v) is 6.22. The van der Waals surface area contributed by atoms with Gasteiger partial charge < -0.3 is 24.4 Å². The number of carbonyl (C=O) groups is 2. The van der Waals surface area contributed by atoms with E-state index in [0.29, 0.717) is 24.5 Å². The standard InChI is InChI=1S/C17H28N2O5S.C13H19N3O4S/c1-16(2,3)13-10-14(19-24-13)18-15(20)17(4,5)25(21,22)11-12-8-6-7-9-23-12;1-12(2,3)9-8-10(16-20-9)15-11(17)13(4,5)21(18,19)7-6-14/h10,12H,6-9,11H2,1-5H3,(H,18,19,20);8H,7H2,1-5H3,(H,15,16,17). The lowest BCUT2D eigenvalue weighted by atomic mass is 9.93. The van der Waals surface area contributed by atoms with E-state index in [2.05, 4.69) is 20.9 Å². The van der Waals surface area contributed by atoms with Gasteiger partial charge in [-0.05, 0) is 47.0 Å². The van der Waals surface area contributed by atoms with Gasteiger partial charge in [-0.2, -0.15) is 5.26 Å². The van der Waals surface area contributed by atoms with Crippen molar-refractivity contribution in [1.82, 2.24) is 10.3 Å². The summed E-state index contributed by atoms with van der Waals surface area (Å²) in [7, 11) is -7.58. The van der Waals surface area contributed by atoms with Crippen LogP contribution < -0.4 is 10.6 Å². The molecule has 2 N–H and O–H groups in total. The first-order valence-corrected chi connectivity index (χ1v) is 18.2. The zero-order valence-corrected chi connectivity index (χ0v) is 29.9. The maximum absolute atomic E-state index is 12.7. The second-order valence-electron chi connectivity index (χ2n) is 14.3. The van der Waals surface area contributed by atoms with Crippen LogP contribution in [0.5, 0.6) is 0 Å². The molecule has 2 amide bonds. The topological polar surface area (TPSA) is 212 Å². The lowest BCUT2D eigenvalue weighted by molar-refractivity contribution is -0.118. The van der Waals surface area contributed by atoms with Crippen LogP contribution in [-0.2, 0) is 44.8 Å². The van der Waals surface area contributed by atoms with E-state index in [-0.39, 0.29) is 34.3 Å². The van der Waals surface area contributed by atoms with E-state index in [9.17, 15) is 26.4 Å². The average Bonchev–Trinajstić information content (AvgIpc) is 3.59. The second kappa shape index (κ2) is 14.2. The van der Waals surface area contributed by atoms with Crippen LogP contribution in [-0.4, -0.2) is 72.7 Å². The van der Waals surface area contributed by atoms with E-state index in [1.165, 1.54) is 27.7 Å². The Bertz CT molecular complexity index is 1630. The van der Waals surface area contributed by atoms with E-state index < -0.39 is 46.7 Å². The lowest BCUT2D eigenvalue weighted by Gasteiger charge is -2.28. The Morgan fingerprint density at radius 1 is 0.804 bits per heavy atom. The molecule has 1 saturated heterocycles. The molecule has 46 heavy (non-hydrogen) atoms. The minimum Gasteiger partial charge on any atom is -0.377 e. The molecule has 0 bridgehead atoms. The van der Waals surface area contributed by atoms with Gasteiger partial charge in [-0.3, -0.25) is 9.59 Å². The van der Waals surface area contributed by atoms with Crippen LogP contribution in [0.3, 0.4) is 0 Å². The number of anilines is 2. The highest BCUT2D eigenvalue weighted by Crippen LogP contribution is 2.28. The summed E-state index contributed by atoms with van der Waals surface area (Å²) in [6.45, 7) is 17.5. The number of aromatic nitrogens is 2. The van der Waals surface area contributed by atoms with E-state index in [0.717, 1.165) is 12.8 Å². The summed E-state index contributed by atoms with van der Waals surface area (Å²) in [5.74, 6) is -0.728. The van der Waals surface area contributed by atoms with Crippen molar-refractivity contribution in [2.24, 2.45) is 0 Å². The Labute approximate surface area is 271 Å².